The minimum absolute atomic E-state index is 0.939. The number of anilines is 1. The molecular formula is C12H12N2S. The van der Waals surface area contributed by atoms with E-state index in [0.717, 1.165) is 18.1 Å². The van der Waals surface area contributed by atoms with Crippen molar-refractivity contribution in [2.24, 2.45) is 0 Å². The Balaban J connectivity index is 2.07. The van der Waals surface area contributed by atoms with Gasteiger partial charge in [0.25, 0.3) is 0 Å². The molecule has 1 aromatic carbocycles. The van der Waals surface area contributed by atoms with Gasteiger partial charge < -0.3 is 5.32 Å². The Kier molecular flexibility index (Phi) is 1.99. The van der Waals surface area contributed by atoms with Crippen molar-refractivity contribution < 1.29 is 0 Å². The van der Waals surface area contributed by atoms with Crippen molar-refractivity contribution in [2.45, 2.75) is 13.3 Å². The van der Waals surface area contributed by atoms with Crippen LogP contribution in [0.4, 0.5) is 5.13 Å². The van der Waals surface area contributed by atoms with Crippen LogP contribution in [0.2, 0.25) is 0 Å². The van der Waals surface area contributed by atoms with Gasteiger partial charge >= 0.3 is 0 Å². The fourth-order valence-electron chi connectivity index (χ4n) is 1.99. The summed E-state index contributed by atoms with van der Waals surface area (Å²) in [6.45, 7) is 3.04. The predicted octanol–water partition coefficient (Wildman–Crippen LogP) is 3.15. The lowest BCUT2D eigenvalue weighted by molar-refractivity contribution is 1.19. The maximum Gasteiger partial charge on any atom is 0.183 e. The standard InChI is InChI=1S/C12H12N2S/c1-2-13-12-14-11-9-6-4-3-5-8(9)7-10(11)15-12/h3-6H,2,7H2,1H3,(H,13,14). The van der Waals surface area contributed by atoms with E-state index in [1.807, 2.05) is 0 Å². The van der Waals surface area contributed by atoms with Gasteiger partial charge in [-0.2, -0.15) is 0 Å². The van der Waals surface area contributed by atoms with Crippen molar-refractivity contribution in [3.63, 3.8) is 0 Å². The van der Waals surface area contributed by atoms with Crippen molar-refractivity contribution >= 4 is 16.5 Å². The van der Waals surface area contributed by atoms with Crippen LogP contribution in [-0.2, 0) is 6.42 Å². The van der Waals surface area contributed by atoms with Crippen LogP contribution >= 0.6 is 11.3 Å². The molecule has 2 aromatic rings. The Morgan fingerprint density at radius 2 is 2.27 bits per heavy atom. The van der Waals surface area contributed by atoms with Crippen LogP contribution in [-0.4, -0.2) is 11.5 Å². The summed E-state index contributed by atoms with van der Waals surface area (Å²) in [5.41, 5.74) is 3.91. The molecule has 3 heteroatoms. The second-order valence-corrected chi connectivity index (χ2v) is 4.74. The van der Waals surface area contributed by atoms with Gasteiger partial charge in [-0.05, 0) is 12.5 Å². The zero-order valence-electron chi connectivity index (χ0n) is 8.58. The Bertz CT molecular complexity index is 502. The van der Waals surface area contributed by atoms with Gasteiger partial charge in [0.2, 0.25) is 0 Å². The summed E-state index contributed by atoms with van der Waals surface area (Å²) in [7, 11) is 0. The first-order valence-corrected chi connectivity index (χ1v) is 6.02. The first kappa shape index (κ1) is 8.92. The maximum absolute atomic E-state index is 4.63. The molecule has 0 aliphatic heterocycles. The molecule has 1 aliphatic carbocycles. The molecule has 1 aromatic heterocycles. The van der Waals surface area contributed by atoms with Gasteiger partial charge in [0.1, 0.15) is 0 Å². The van der Waals surface area contributed by atoms with E-state index in [2.05, 4.69) is 41.5 Å². The number of thiazole rings is 1. The molecule has 1 aliphatic rings. The summed E-state index contributed by atoms with van der Waals surface area (Å²) in [4.78, 5) is 6.02. The molecule has 0 spiro atoms. The van der Waals surface area contributed by atoms with Crippen molar-refractivity contribution in [1.82, 2.24) is 4.98 Å². The van der Waals surface area contributed by atoms with E-state index < -0.39 is 0 Å². The lowest BCUT2D eigenvalue weighted by Crippen LogP contribution is -1.95. The molecule has 0 fully saturated rings. The topological polar surface area (TPSA) is 24.9 Å². The molecule has 15 heavy (non-hydrogen) atoms. The molecule has 0 saturated carbocycles. The fraction of sp³-hybridized carbons (Fsp3) is 0.250. The molecule has 1 heterocycles. The highest BCUT2D eigenvalue weighted by Crippen LogP contribution is 2.40. The highest BCUT2D eigenvalue weighted by atomic mass is 32.1. The van der Waals surface area contributed by atoms with Crippen molar-refractivity contribution in [1.29, 1.82) is 0 Å². The highest BCUT2D eigenvalue weighted by molar-refractivity contribution is 7.16. The number of aromatic nitrogens is 1. The summed E-state index contributed by atoms with van der Waals surface area (Å²) in [6.07, 6.45) is 1.05. The quantitative estimate of drug-likeness (QED) is 0.711. The summed E-state index contributed by atoms with van der Waals surface area (Å²) in [5, 5.41) is 4.33. The number of hydrogen-bond donors (Lipinski definition) is 1. The zero-order chi connectivity index (χ0) is 10.3. The van der Waals surface area contributed by atoms with Crippen LogP contribution in [0.5, 0.6) is 0 Å². The van der Waals surface area contributed by atoms with Gasteiger partial charge in [0, 0.05) is 23.4 Å². The predicted molar refractivity (Wildman–Crippen MR) is 64.5 cm³/mol. The van der Waals surface area contributed by atoms with E-state index in [0.29, 0.717) is 0 Å². The molecule has 0 atom stereocenters. The smallest absolute Gasteiger partial charge is 0.183 e. The summed E-state index contributed by atoms with van der Waals surface area (Å²) < 4.78 is 0. The average molecular weight is 216 g/mol. The first-order valence-electron chi connectivity index (χ1n) is 5.20. The van der Waals surface area contributed by atoms with Crippen LogP contribution in [0.3, 0.4) is 0 Å². The third-order valence-electron chi connectivity index (χ3n) is 2.65. The van der Waals surface area contributed by atoms with Gasteiger partial charge in [-0.1, -0.05) is 24.3 Å². The minimum atomic E-state index is 0.939. The lowest BCUT2D eigenvalue weighted by Gasteiger charge is -1.98. The summed E-state index contributed by atoms with van der Waals surface area (Å²) in [5.74, 6) is 0. The van der Waals surface area contributed by atoms with Gasteiger partial charge in [0.05, 0.1) is 5.69 Å². The third-order valence-corrected chi connectivity index (χ3v) is 3.66. The van der Waals surface area contributed by atoms with E-state index >= 15 is 0 Å². The summed E-state index contributed by atoms with van der Waals surface area (Å²) >= 11 is 1.78. The molecule has 2 nitrogen and oxygen atoms in total. The normalized spacial score (nSPS) is 12.3. The monoisotopic (exact) mass is 216 g/mol. The molecule has 0 unspecified atom stereocenters. The molecule has 0 amide bonds. The van der Waals surface area contributed by atoms with Crippen LogP contribution in [0.1, 0.15) is 17.4 Å². The van der Waals surface area contributed by atoms with E-state index in [1.54, 1.807) is 11.3 Å². The number of hydrogen-bond acceptors (Lipinski definition) is 3. The van der Waals surface area contributed by atoms with Crippen LogP contribution in [0, 0.1) is 0 Å². The second kappa shape index (κ2) is 3.35. The van der Waals surface area contributed by atoms with Gasteiger partial charge in [-0.25, -0.2) is 4.98 Å². The van der Waals surface area contributed by atoms with Crippen LogP contribution in [0.15, 0.2) is 24.3 Å². The second-order valence-electron chi connectivity index (χ2n) is 3.66. The van der Waals surface area contributed by atoms with E-state index in [4.69, 9.17) is 0 Å². The molecule has 0 saturated heterocycles. The number of benzene rings is 1. The van der Waals surface area contributed by atoms with Crippen molar-refractivity contribution in [2.75, 3.05) is 11.9 Å². The summed E-state index contributed by atoms with van der Waals surface area (Å²) in [6, 6.07) is 8.54. The molecule has 0 bridgehead atoms. The number of rotatable bonds is 2. The number of fused-ring (bicyclic) bond motifs is 3. The molecule has 76 valence electrons. The van der Waals surface area contributed by atoms with Crippen LogP contribution in [0.25, 0.3) is 11.3 Å². The van der Waals surface area contributed by atoms with Crippen LogP contribution < -0.4 is 5.32 Å². The van der Waals surface area contributed by atoms with E-state index in [-0.39, 0.29) is 0 Å². The number of nitrogens with zero attached hydrogens (tertiary/aromatic N) is 1. The minimum Gasteiger partial charge on any atom is -0.362 e. The Hall–Kier alpha value is -1.35. The van der Waals surface area contributed by atoms with Crippen molar-refractivity contribution in [3.8, 4) is 11.3 Å². The van der Waals surface area contributed by atoms with Crippen molar-refractivity contribution in [3.05, 3.63) is 34.7 Å². The lowest BCUT2D eigenvalue weighted by atomic mass is 10.1. The SMILES string of the molecule is CCNc1nc2c(s1)Cc1ccccc1-2. The van der Waals surface area contributed by atoms with Gasteiger partial charge in [-0.15, -0.1) is 11.3 Å². The molecule has 1 N–H and O–H groups in total. The molecular weight excluding hydrogens is 204 g/mol. The fourth-order valence-corrected chi connectivity index (χ4v) is 3.05. The first-order chi connectivity index (χ1) is 7.38. The Morgan fingerprint density at radius 1 is 1.40 bits per heavy atom. The molecule has 3 rings (SSSR count). The average Bonchev–Trinajstić information content (AvgIpc) is 2.75. The Morgan fingerprint density at radius 3 is 3.13 bits per heavy atom. The number of nitrogens with one attached hydrogen (secondary N) is 1. The van der Waals surface area contributed by atoms with Gasteiger partial charge in [-0.3, -0.25) is 0 Å². The van der Waals surface area contributed by atoms with Gasteiger partial charge in [0.15, 0.2) is 5.13 Å². The van der Waals surface area contributed by atoms with E-state index in [1.165, 1.54) is 21.7 Å². The largest absolute Gasteiger partial charge is 0.362 e. The highest BCUT2D eigenvalue weighted by Gasteiger charge is 2.22. The Labute approximate surface area is 93.0 Å². The maximum atomic E-state index is 4.63. The zero-order valence-corrected chi connectivity index (χ0v) is 9.40. The van der Waals surface area contributed by atoms with E-state index in [9.17, 15) is 0 Å². The molecule has 0 radical (unpaired) electrons. The third kappa shape index (κ3) is 1.35.